The van der Waals surface area contributed by atoms with Crippen LogP contribution in [0.4, 0.5) is 5.69 Å². The maximum atomic E-state index is 11.2. The van der Waals surface area contributed by atoms with Crippen LogP contribution in [0.2, 0.25) is 0 Å². The Morgan fingerprint density at radius 1 is 1.00 bits per heavy atom. The van der Waals surface area contributed by atoms with E-state index in [1.807, 2.05) is 0 Å². The van der Waals surface area contributed by atoms with E-state index in [0.717, 1.165) is 38.3 Å². The number of aromatic amines is 1. The van der Waals surface area contributed by atoms with E-state index in [9.17, 15) is 5.11 Å². The van der Waals surface area contributed by atoms with Crippen molar-refractivity contribution in [3.05, 3.63) is 74.6 Å². The van der Waals surface area contributed by atoms with Gasteiger partial charge < -0.3 is 15.4 Å². The van der Waals surface area contributed by atoms with E-state index in [0.29, 0.717) is 0 Å². The summed E-state index contributed by atoms with van der Waals surface area (Å²) in [6, 6.07) is 12.9. The third-order valence-corrected chi connectivity index (χ3v) is 7.86. The number of rotatable bonds is 1. The van der Waals surface area contributed by atoms with E-state index < -0.39 is 11.6 Å². The van der Waals surface area contributed by atoms with Gasteiger partial charge in [0.05, 0.1) is 22.0 Å². The Labute approximate surface area is 199 Å². The number of H-pyrrole nitrogens is 1. The van der Waals surface area contributed by atoms with Gasteiger partial charge in [0.15, 0.2) is 0 Å². The van der Waals surface area contributed by atoms with Crippen molar-refractivity contribution in [2.75, 3.05) is 5.32 Å². The minimum Gasteiger partial charge on any atom is -0.390 e. The molecule has 33 heavy (non-hydrogen) atoms. The normalized spacial score (nSPS) is 19.0. The standard InChI is InChI=1S/C29H30N2OS/c1-16-14-24(23-9-7-8-21-17(2)15-30-27(21)23)22(13-12-20-11-10-18(3)33-20)25-19(4)28(32)29(5,6)31-26(16)25/h7-11,14-15,19,28,30-32H,1-6H3/t19-,28+/m0/s1. The fourth-order valence-electron chi connectivity index (χ4n) is 5.14. The molecule has 2 aromatic heterocycles. The summed E-state index contributed by atoms with van der Waals surface area (Å²) in [4.78, 5) is 5.79. The summed E-state index contributed by atoms with van der Waals surface area (Å²) in [6.45, 7) is 12.6. The van der Waals surface area contributed by atoms with Gasteiger partial charge in [-0.15, -0.1) is 11.3 Å². The van der Waals surface area contributed by atoms with Crippen molar-refractivity contribution in [2.45, 2.75) is 59.1 Å². The number of aliphatic hydroxyl groups excluding tert-OH is 1. The maximum Gasteiger partial charge on any atom is 0.0831 e. The SMILES string of the molecule is Cc1ccc(C#Cc2c(-c3cccc4c(C)c[nH]c34)cc(C)c3c2[C@H](C)[C@@H](O)C(C)(C)N3)s1. The Morgan fingerprint density at radius 2 is 1.79 bits per heavy atom. The van der Waals surface area contributed by atoms with Gasteiger partial charge in [-0.1, -0.05) is 37.0 Å². The lowest BCUT2D eigenvalue weighted by atomic mass is 9.75. The Kier molecular flexibility index (Phi) is 5.16. The molecule has 0 amide bonds. The van der Waals surface area contributed by atoms with Gasteiger partial charge >= 0.3 is 0 Å². The van der Waals surface area contributed by atoms with Crippen molar-refractivity contribution >= 4 is 27.9 Å². The summed E-state index contributed by atoms with van der Waals surface area (Å²) < 4.78 is 0. The van der Waals surface area contributed by atoms with Gasteiger partial charge in [0.1, 0.15) is 0 Å². The molecule has 3 heterocycles. The van der Waals surface area contributed by atoms with Gasteiger partial charge in [-0.05, 0) is 69.5 Å². The summed E-state index contributed by atoms with van der Waals surface area (Å²) in [5, 5.41) is 16.0. The number of aliphatic hydroxyl groups is 1. The Balaban J connectivity index is 1.83. The van der Waals surface area contributed by atoms with Crippen LogP contribution in [-0.4, -0.2) is 21.7 Å². The molecule has 0 aliphatic carbocycles. The second-order valence-corrected chi connectivity index (χ2v) is 11.1. The number of aryl methyl sites for hydroxylation is 3. The number of thiophene rings is 1. The molecule has 0 saturated carbocycles. The molecule has 1 aliphatic rings. The maximum absolute atomic E-state index is 11.2. The minimum atomic E-state index is -0.521. The zero-order valence-corrected chi connectivity index (χ0v) is 20.9. The van der Waals surface area contributed by atoms with Crippen LogP contribution < -0.4 is 5.32 Å². The van der Waals surface area contributed by atoms with Crippen LogP contribution in [0.5, 0.6) is 0 Å². The molecule has 0 saturated heterocycles. The van der Waals surface area contributed by atoms with Crippen molar-refractivity contribution in [3.63, 3.8) is 0 Å². The molecule has 0 unspecified atom stereocenters. The summed E-state index contributed by atoms with van der Waals surface area (Å²) in [7, 11) is 0. The predicted octanol–water partition coefficient (Wildman–Crippen LogP) is 6.89. The van der Waals surface area contributed by atoms with E-state index in [4.69, 9.17) is 0 Å². The number of anilines is 1. The Bertz CT molecular complexity index is 1440. The van der Waals surface area contributed by atoms with Crippen molar-refractivity contribution in [1.29, 1.82) is 0 Å². The predicted molar refractivity (Wildman–Crippen MR) is 140 cm³/mol. The molecule has 2 aromatic carbocycles. The summed E-state index contributed by atoms with van der Waals surface area (Å²) in [5.41, 5.74) is 8.58. The largest absolute Gasteiger partial charge is 0.390 e. The van der Waals surface area contributed by atoms with E-state index >= 15 is 0 Å². The van der Waals surface area contributed by atoms with E-state index in [1.54, 1.807) is 11.3 Å². The highest BCUT2D eigenvalue weighted by Crippen LogP contribution is 2.46. The number of aromatic nitrogens is 1. The molecule has 4 heteroatoms. The van der Waals surface area contributed by atoms with Crippen molar-refractivity contribution in [3.8, 4) is 23.0 Å². The average molecular weight is 455 g/mol. The van der Waals surface area contributed by atoms with Gasteiger partial charge in [0.2, 0.25) is 0 Å². The highest BCUT2D eigenvalue weighted by molar-refractivity contribution is 7.12. The fraction of sp³-hybridized carbons (Fsp3) is 0.310. The first-order valence-electron chi connectivity index (χ1n) is 11.5. The van der Waals surface area contributed by atoms with Crippen LogP contribution in [0.3, 0.4) is 0 Å². The summed E-state index contributed by atoms with van der Waals surface area (Å²) >= 11 is 1.71. The molecule has 0 bridgehead atoms. The monoisotopic (exact) mass is 454 g/mol. The van der Waals surface area contributed by atoms with Crippen LogP contribution in [0.15, 0.2) is 42.6 Å². The first kappa shape index (κ1) is 21.8. The lowest BCUT2D eigenvalue weighted by Crippen LogP contribution is -2.50. The molecule has 4 aromatic rings. The van der Waals surface area contributed by atoms with Crippen LogP contribution in [0.1, 0.15) is 58.7 Å². The lowest BCUT2D eigenvalue weighted by Gasteiger charge is -2.43. The molecular formula is C29H30N2OS. The fourth-order valence-corrected chi connectivity index (χ4v) is 5.86. The topological polar surface area (TPSA) is 48.0 Å². The quantitative estimate of drug-likeness (QED) is 0.274. The molecule has 0 fully saturated rings. The molecular weight excluding hydrogens is 424 g/mol. The van der Waals surface area contributed by atoms with Crippen LogP contribution in [0, 0.1) is 32.6 Å². The van der Waals surface area contributed by atoms with Gasteiger partial charge in [-0.2, -0.15) is 0 Å². The minimum absolute atomic E-state index is 0.0474. The molecule has 168 valence electrons. The highest BCUT2D eigenvalue weighted by Gasteiger charge is 2.40. The number of fused-ring (bicyclic) bond motifs is 2. The second-order valence-electron chi connectivity index (χ2n) is 9.85. The molecule has 3 nitrogen and oxygen atoms in total. The first-order valence-corrected chi connectivity index (χ1v) is 12.3. The highest BCUT2D eigenvalue weighted by atomic mass is 32.1. The molecule has 0 radical (unpaired) electrons. The number of hydrogen-bond donors (Lipinski definition) is 3. The Hall–Kier alpha value is -3.00. The van der Waals surface area contributed by atoms with Crippen LogP contribution in [0.25, 0.3) is 22.0 Å². The van der Waals surface area contributed by atoms with Crippen molar-refractivity contribution in [1.82, 2.24) is 4.98 Å². The summed E-state index contributed by atoms with van der Waals surface area (Å²) in [6.07, 6.45) is 1.54. The molecule has 0 spiro atoms. The van der Waals surface area contributed by atoms with E-state index in [-0.39, 0.29) is 5.92 Å². The second kappa shape index (κ2) is 7.80. The molecule has 2 atom stereocenters. The molecule has 3 N–H and O–H groups in total. The first-order chi connectivity index (χ1) is 15.7. The number of benzene rings is 2. The summed E-state index contributed by atoms with van der Waals surface area (Å²) in [5.74, 6) is 6.91. The molecule has 1 aliphatic heterocycles. The van der Waals surface area contributed by atoms with Gasteiger partial charge in [-0.3, -0.25) is 0 Å². The van der Waals surface area contributed by atoms with Gasteiger partial charge in [-0.25, -0.2) is 0 Å². The van der Waals surface area contributed by atoms with E-state index in [2.05, 4.69) is 106 Å². The zero-order valence-electron chi connectivity index (χ0n) is 20.1. The van der Waals surface area contributed by atoms with E-state index in [1.165, 1.54) is 21.4 Å². The third-order valence-electron chi connectivity index (χ3n) is 6.94. The number of hydrogen-bond acceptors (Lipinski definition) is 3. The average Bonchev–Trinajstić information content (AvgIpc) is 3.37. The van der Waals surface area contributed by atoms with Crippen LogP contribution in [-0.2, 0) is 0 Å². The smallest absolute Gasteiger partial charge is 0.0831 e. The zero-order chi connectivity index (χ0) is 23.5. The Morgan fingerprint density at radius 3 is 2.52 bits per heavy atom. The van der Waals surface area contributed by atoms with Crippen molar-refractivity contribution < 1.29 is 5.11 Å². The van der Waals surface area contributed by atoms with Gasteiger partial charge in [0, 0.05) is 44.8 Å². The number of nitrogens with one attached hydrogen (secondary N) is 2. The van der Waals surface area contributed by atoms with Crippen molar-refractivity contribution in [2.24, 2.45) is 0 Å². The van der Waals surface area contributed by atoms with Gasteiger partial charge in [0.25, 0.3) is 0 Å². The number of para-hydroxylation sites is 1. The third kappa shape index (κ3) is 3.57. The van der Waals surface area contributed by atoms with Crippen LogP contribution >= 0.6 is 11.3 Å². The molecule has 5 rings (SSSR count). The lowest BCUT2D eigenvalue weighted by molar-refractivity contribution is 0.0868.